The zero-order valence-electron chi connectivity index (χ0n) is 20.1. The maximum atomic E-state index is 13.3. The lowest BCUT2D eigenvalue weighted by Gasteiger charge is -2.36. The maximum absolute atomic E-state index is 13.3. The van der Waals surface area contributed by atoms with E-state index >= 15 is 0 Å². The molecule has 3 aromatic rings. The highest BCUT2D eigenvalue weighted by molar-refractivity contribution is 5.98. The topological polar surface area (TPSA) is 62.3 Å². The highest BCUT2D eigenvalue weighted by Gasteiger charge is 2.27. The third-order valence-corrected chi connectivity index (χ3v) is 6.57. The van der Waals surface area contributed by atoms with Crippen molar-refractivity contribution in [1.29, 1.82) is 0 Å². The molecule has 7 heteroatoms. The normalized spacial score (nSPS) is 15.5. The van der Waals surface area contributed by atoms with Gasteiger partial charge in [0.25, 0.3) is 11.8 Å². The molecule has 180 valence electrons. The van der Waals surface area contributed by atoms with Gasteiger partial charge in [-0.1, -0.05) is 30.3 Å². The second kappa shape index (κ2) is 9.70. The minimum absolute atomic E-state index is 0.0101. The molecule has 3 aromatic carbocycles. The van der Waals surface area contributed by atoms with E-state index in [1.807, 2.05) is 78.6 Å². The van der Waals surface area contributed by atoms with Crippen molar-refractivity contribution < 1.29 is 19.1 Å². The number of fused-ring (bicyclic) bond motifs is 1. The van der Waals surface area contributed by atoms with E-state index in [1.54, 1.807) is 12.0 Å². The Balaban J connectivity index is 1.28. The van der Waals surface area contributed by atoms with E-state index < -0.39 is 0 Å². The van der Waals surface area contributed by atoms with Crippen molar-refractivity contribution in [2.24, 2.45) is 0 Å². The zero-order chi connectivity index (χ0) is 24.4. The molecule has 7 nitrogen and oxygen atoms in total. The van der Waals surface area contributed by atoms with Crippen LogP contribution in [0.2, 0.25) is 0 Å². The summed E-state index contributed by atoms with van der Waals surface area (Å²) >= 11 is 0. The number of ether oxygens (including phenoxy) is 2. The summed E-state index contributed by atoms with van der Waals surface area (Å²) in [5.41, 5.74) is 4.44. The van der Waals surface area contributed by atoms with Crippen LogP contribution in [0.25, 0.3) is 0 Å². The summed E-state index contributed by atoms with van der Waals surface area (Å²) in [5, 5.41) is 0. The molecule has 2 heterocycles. The van der Waals surface area contributed by atoms with E-state index in [0.29, 0.717) is 30.9 Å². The molecule has 2 amide bonds. The first kappa shape index (κ1) is 22.8. The number of aryl methyl sites for hydroxylation is 1. The van der Waals surface area contributed by atoms with Crippen molar-refractivity contribution in [2.45, 2.75) is 13.5 Å². The molecule has 1 fully saturated rings. The summed E-state index contributed by atoms with van der Waals surface area (Å²) in [6.45, 7) is 5.16. The van der Waals surface area contributed by atoms with Crippen molar-refractivity contribution in [3.05, 3.63) is 83.4 Å². The molecular weight excluding hydrogens is 442 g/mol. The number of para-hydroxylation sites is 2. The number of rotatable bonds is 5. The van der Waals surface area contributed by atoms with Gasteiger partial charge in [-0.25, -0.2) is 0 Å². The number of methoxy groups -OCH3 is 1. The van der Waals surface area contributed by atoms with Crippen LogP contribution in [-0.4, -0.2) is 56.6 Å². The molecule has 0 N–H and O–H groups in total. The maximum Gasteiger partial charge on any atom is 0.265 e. The predicted molar refractivity (Wildman–Crippen MR) is 135 cm³/mol. The summed E-state index contributed by atoms with van der Waals surface area (Å²) in [6, 6.07) is 21.4. The van der Waals surface area contributed by atoms with E-state index in [4.69, 9.17) is 9.47 Å². The number of benzene rings is 3. The molecule has 0 atom stereocenters. The van der Waals surface area contributed by atoms with Crippen molar-refractivity contribution in [2.75, 3.05) is 49.7 Å². The van der Waals surface area contributed by atoms with Gasteiger partial charge in [-0.3, -0.25) is 9.59 Å². The van der Waals surface area contributed by atoms with Crippen molar-refractivity contribution >= 4 is 23.2 Å². The first-order valence-electron chi connectivity index (χ1n) is 11.8. The van der Waals surface area contributed by atoms with Crippen LogP contribution >= 0.6 is 0 Å². The quantitative estimate of drug-likeness (QED) is 0.565. The molecule has 1 saturated heterocycles. The fraction of sp³-hybridized carbons (Fsp3) is 0.286. The van der Waals surface area contributed by atoms with Crippen LogP contribution in [-0.2, 0) is 11.3 Å². The number of carbonyl (C=O) groups excluding carboxylic acids is 2. The van der Waals surface area contributed by atoms with Crippen LogP contribution in [0.1, 0.15) is 21.5 Å². The molecule has 2 aliphatic heterocycles. The monoisotopic (exact) mass is 471 g/mol. The molecular formula is C28H29N3O4. The van der Waals surface area contributed by atoms with Gasteiger partial charge in [0.15, 0.2) is 6.61 Å². The number of nitrogens with zero attached hydrogens (tertiary/aromatic N) is 3. The Hall–Kier alpha value is -4.00. The number of carbonyl (C=O) groups is 2. The lowest BCUT2D eigenvalue weighted by Crippen LogP contribution is -2.48. The van der Waals surface area contributed by atoms with Crippen LogP contribution in [0.4, 0.5) is 11.4 Å². The average molecular weight is 472 g/mol. The number of hydrogen-bond donors (Lipinski definition) is 0. The van der Waals surface area contributed by atoms with Crippen LogP contribution in [0.15, 0.2) is 66.7 Å². The van der Waals surface area contributed by atoms with E-state index in [1.165, 1.54) is 0 Å². The van der Waals surface area contributed by atoms with Crippen molar-refractivity contribution in [3.63, 3.8) is 0 Å². The molecule has 0 aliphatic carbocycles. The van der Waals surface area contributed by atoms with Gasteiger partial charge >= 0.3 is 0 Å². The molecule has 0 unspecified atom stereocenters. The smallest absolute Gasteiger partial charge is 0.265 e. The van der Waals surface area contributed by atoms with E-state index in [-0.39, 0.29) is 18.4 Å². The van der Waals surface area contributed by atoms with Crippen molar-refractivity contribution in [1.82, 2.24) is 4.90 Å². The van der Waals surface area contributed by atoms with Crippen LogP contribution in [0.5, 0.6) is 11.5 Å². The fourth-order valence-corrected chi connectivity index (χ4v) is 4.69. The van der Waals surface area contributed by atoms with Gasteiger partial charge in [0.2, 0.25) is 0 Å². The van der Waals surface area contributed by atoms with Gasteiger partial charge in [-0.15, -0.1) is 0 Å². The third-order valence-electron chi connectivity index (χ3n) is 6.57. The minimum Gasteiger partial charge on any atom is -0.495 e. The molecule has 35 heavy (non-hydrogen) atoms. The van der Waals surface area contributed by atoms with Gasteiger partial charge < -0.3 is 24.2 Å². The van der Waals surface area contributed by atoms with Crippen LogP contribution in [0.3, 0.4) is 0 Å². The van der Waals surface area contributed by atoms with Crippen LogP contribution in [0, 0.1) is 6.92 Å². The van der Waals surface area contributed by atoms with Gasteiger partial charge in [-0.05, 0) is 54.4 Å². The minimum atomic E-state index is -0.0921. The number of hydrogen-bond acceptors (Lipinski definition) is 5. The summed E-state index contributed by atoms with van der Waals surface area (Å²) in [6.07, 6.45) is 0. The Kier molecular flexibility index (Phi) is 6.31. The molecule has 5 rings (SSSR count). The van der Waals surface area contributed by atoms with Gasteiger partial charge in [0.1, 0.15) is 11.5 Å². The number of amides is 2. The SMILES string of the molecule is COc1ccccc1N1CCN(C(=O)c2cccc(CN3C(=O)COc4cc(C)ccc43)c2)CC1. The Labute approximate surface area is 205 Å². The van der Waals surface area contributed by atoms with Gasteiger partial charge in [0.05, 0.1) is 25.0 Å². The molecule has 0 saturated carbocycles. The van der Waals surface area contributed by atoms with E-state index in [9.17, 15) is 9.59 Å². The van der Waals surface area contributed by atoms with Gasteiger partial charge in [0, 0.05) is 31.7 Å². The second-order valence-corrected chi connectivity index (χ2v) is 8.89. The van der Waals surface area contributed by atoms with E-state index in [2.05, 4.69) is 4.90 Å². The Morgan fingerprint density at radius 2 is 1.74 bits per heavy atom. The summed E-state index contributed by atoms with van der Waals surface area (Å²) in [5.74, 6) is 1.47. The number of anilines is 2. The summed E-state index contributed by atoms with van der Waals surface area (Å²) in [4.78, 5) is 31.8. The Morgan fingerprint density at radius 1 is 0.943 bits per heavy atom. The highest BCUT2D eigenvalue weighted by Crippen LogP contribution is 2.34. The first-order chi connectivity index (χ1) is 17.0. The number of piperazine rings is 1. The largest absolute Gasteiger partial charge is 0.495 e. The second-order valence-electron chi connectivity index (χ2n) is 8.89. The summed E-state index contributed by atoms with van der Waals surface area (Å²) < 4.78 is 11.1. The van der Waals surface area contributed by atoms with E-state index in [0.717, 1.165) is 41.3 Å². The molecule has 0 spiro atoms. The standard InChI is InChI=1S/C28H29N3O4/c1-20-10-11-24-26(16-20)35-19-27(32)31(24)18-21-6-5-7-22(17-21)28(33)30-14-12-29(13-15-30)23-8-3-4-9-25(23)34-2/h3-11,16-17H,12-15,18-19H2,1-2H3. The Bertz CT molecular complexity index is 1250. The fourth-order valence-electron chi connectivity index (χ4n) is 4.69. The summed E-state index contributed by atoms with van der Waals surface area (Å²) in [7, 11) is 1.68. The lowest BCUT2D eigenvalue weighted by molar-refractivity contribution is -0.121. The predicted octanol–water partition coefficient (Wildman–Crippen LogP) is 3.89. The van der Waals surface area contributed by atoms with Crippen molar-refractivity contribution in [3.8, 4) is 11.5 Å². The molecule has 2 aliphatic rings. The molecule has 0 radical (unpaired) electrons. The molecule has 0 aromatic heterocycles. The van der Waals surface area contributed by atoms with Crippen LogP contribution < -0.4 is 19.3 Å². The van der Waals surface area contributed by atoms with Gasteiger partial charge in [-0.2, -0.15) is 0 Å². The highest BCUT2D eigenvalue weighted by atomic mass is 16.5. The first-order valence-corrected chi connectivity index (χ1v) is 11.8. The molecule has 0 bridgehead atoms. The third kappa shape index (κ3) is 4.67. The Morgan fingerprint density at radius 3 is 2.54 bits per heavy atom. The lowest BCUT2D eigenvalue weighted by atomic mass is 10.1. The zero-order valence-corrected chi connectivity index (χ0v) is 20.1. The average Bonchev–Trinajstić information content (AvgIpc) is 2.90.